The van der Waals surface area contributed by atoms with Crippen molar-refractivity contribution >= 4 is 24.2 Å². The van der Waals surface area contributed by atoms with E-state index < -0.39 is 6.04 Å². The normalized spacial score (nSPS) is 19.6. The molecule has 6 heteroatoms. The van der Waals surface area contributed by atoms with Crippen molar-refractivity contribution in [3.05, 3.63) is 35.4 Å². The summed E-state index contributed by atoms with van der Waals surface area (Å²) in [6.45, 7) is 3.37. The maximum atomic E-state index is 12.5. The number of hydrogen-bond acceptors (Lipinski definition) is 3. The molecule has 1 heterocycles. The maximum Gasteiger partial charge on any atom is 0.244 e. The summed E-state index contributed by atoms with van der Waals surface area (Å²) in [6, 6.07) is 7.36. The third-order valence-electron chi connectivity index (χ3n) is 4.26. The van der Waals surface area contributed by atoms with Crippen molar-refractivity contribution < 1.29 is 9.59 Å². The lowest BCUT2D eigenvalue weighted by Crippen LogP contribution is -2.54. The van der Waals surface area contributed by atoms with Gasteiger partial charge in [-0.05, 0) is 25.3 Å². The molecule has 1 saturated heterocycles. The molecule has 0 spiro atoms. The minimum atomic E-state index is -0.689. The van der Waals surface area contributed by atoms with Gasteiger partial charge in [-0.15, -0.1) is 12.4 Å². The van der Waals surface area contributed by atoms with Gasteiger partial charge < -0.3 is 15.5 Å². The van der Waals surface area contributed by atoms with Gasteiger partial charge in [0, 0.05) is 19.1 Å². The van der Waals surface area contributed by atoms with Gasteiger partial charge in [-0.1, -0.05) is 29.8 Å². The zero-order valence-electron chi connectivity index (χ0n) is 12.7. The van der Waals surface area contributed by atoms with Gasteiger partial charge in [-0.25, -0.2) is 0 Å². The van der Waals surface area contributed by atoms with Crippen LogP contribution in [0.5, 0.6) is 0 Å². The van der Waals surface area contributed by atoms with Crippen molar-refractivity contribution in [2.24, 2.45) is 5.73 Å². The summed E-state index contributed by atoms with van der Waals surface area (Å²) in [6.07, 6.45) is 2.20. The predicted octanol–water partition coefficient (Wildman–Crippen LogP) is 1.25. The highest BCUT2D eigenvalue weighted by atomic mass is 35.5. The summed E-state index contributed by atoms with van der Waals surface area (Å²) in [5.74, 6) is -0.115. The molecule has 1 aromatic carbocycles. The number of nitrogens with zero attached hydrogens (tertiary/aromatic N) is 2. The molecule has 2 fully saturated rings. The van der Waals surface area contributed by atoms with Gasteiger partial charge >= 0.3 is 0 Å². The van der Waals surface area contributed by atoms with E-state index in [1.54, 1.807) is 4.90 Å². The molecule has 3 rings (SSSR count). The van der Waals surface area contributed by atoms with Gasteiger partial charge in [0.2, 0.25) is 11.8 Å². The number of carbonyl (C=O) groups is 2. The Labute approximate surface area is 136 Å². The second kappa shape index (κ2) is 6.67. The zero-order chi connectivity index (χ0) is 15.0. The Morgan fingerprint density at radius 1 is 1.23 bits per heavy atom. The standard InChI is InChI=1S/C16H21N3O2.ClH/c1-11-2-4-12(5-3-11)15(17)16(21)18-8-9-19(13-6-7-13)14(20)10-18;/h2-5,13,15H,6-10,17H2,1H3;1H. The lowest BCUT2D eigenvalue weighted by molar-refractivity contribution is -0.146. The van der Waals surface area contributed by atoms with Crippen LogP contribution >= 0.6 is 12.4 Å². The third kappa shape index (κ3) is 3.42. The molecule has 0 radical (unpaired) electrons. The van der Waals surface area contributed by atoms with Crippen molar-refractivity contribution in [2.45, 2.75) is 31.8 Å². The van der Waals surface area contributed by atoms with Crippen molar-refractivity contribution in [2.75, 3.05) is 19.6 Å². The Bertz CT molecular complexity index is 557. The molecule has 2 N–H and O–H groups in total. The fourth-order valence-corrected chi connectivity index (χ4v) is 2.76. The van der Waals surface area contributed by atoms with Crippen LogP contribution in [0, 0.1) is 6.92 Å². The fraction of sp³-hybridized carbons (Fsp3) is 0.500. The van der Waals surface area contributed by atoms with Crippen LogP contribution in [-0.4, -0.2) is 47.3 Å². The highest BCUT2D eigenvalue weighted by Gasteiger charge is 2.37. The first kappa shape index (κ1) is 16.8. The molecule has 1 unspecified atom stereocenters. The first-order chi connectivity index (χ1) is 10.1. The van der Waals surface area contributed by atoms with Gasteiger partial charge in [-0.2, -0.15) is 0 Å². The average Bonchev–Trinajstić information content (AvgIpc) is 3.31. The zero-order valence-corrected chi connectivity index (χ0v) is 13.5. The first-order valence-electron chi connectivity index (χ1n) is 7.46. The van der Waals surface area contributed by atoms with Gasteiger partial charge in [0.25, 0.3) is 0 Å². The first-order valence-corrected chi connectivity index (χ1v) is 7.46. The molecule has 120 valence electrons. The van der Waals surface area contributed by atoms with Crippen molar-refractivity contribution in [3.8, 4) is 0 Å². The van der Waals surface area contributed by atoms with Gasteiger partial charge in [0.1, 0.15) is 6.04 Å². The molecular formula is C16H22ClN3O2. The number of piperazine rings is 1. The summed E-state index contributed by atoms with van der Waals surface area (Å²) >= 11 is 0. The summed E-state index contributed by atoms with van der Waals surface area (Å²) in [7, 11) is 0. The van der Waals surface area contributed by atoms with E-state index in [-0.39, 0.29) is 30.8 Å². The largest absolute Gasteiger partial charge is 0.336 e. The van der Waals surface area contributed by atoms with Crippen molar-refractivity contribution in [1.29, 1.82) is 0 Å². The topological polar surface area (TPSA) is 66.6 Å². The Morgan fingerprint density at radius 3 is 2.41 bits per heavy atom. The second-order valence-corrected chi connectivity index (χ2v) is 5.97. The fourth-order valence-electron chi connectivity index (χ4n) is 2.76. The number of nitrogens with two attached hydrogens (primary N) is 1. The summed E-state index contributed by atoms with van der Waals surface area (Å²) in [5, 5.41) is 0. The lowest BCUT2D eigenvalue weighted by atomic mass is 10.0. The van der Waals surface area contributed by atoms with E-state index in [1.165, 1.54) is 0 Å². The van der Waals surface area contributed by atoms with Crippen LogP contribution in [0.3, 0.4) is 0 Å². The number of aryl methyl sites for hydroxylation is 1. The molecule has 1 aliphatic carbocycles. The molecule has 0 bridgehead atoms. The Hall–Kier alpha value is -1.59. The molecule has 1 saturated carbocycles. The van der Waals surface area contributed by atoms with Crippen molar-refractivity contribution in [3.63, 3.8) is 0 Å². The lowest BCUT2D eigenvalue weighted by Gasteiger charge is -2.35. The minimum Gasteiger partial charge on any atom is -0.336 e. The highest BCUT2D eigenvalue weighted by Crippen LogP contribution is 2.28. The monoisotopic (exact) mass is 323 g/mol. The molecule has 2 aliphatic rings. The molecule has 1 aliphatic heterocycles. The van der Waals surface area contributed by atoms with E-state index in [0.717, 1.165) is 24.0 Å². The predicted molar refractivity (Wildman–Crippen MR) is 86.7 cm³/mol. The Morgan fingerprint density at radius 2 is 1.86 bits per heavy atom. The van der Waals surface area contributed by atoms with Crippen LogP contribution in [0.1, 0.15) is 30.0 Å². The van der Waals surface area contributed by atoms with Crippen LogP contribution in [0.15, 0.2) is 24.3 Å². The smallest absolute Gasteiger partial charge is 0.244 e. The number of halogens is 1. The quantitative estimate of drug-likeness (QED) is 0.910. The maximum absolute atomic E-state index is 12.5. The van der Waals surface area contributed by atoms with Crippen LogP contribution in [-0.2, 0) is 9.59 Å². The molecular weight excluding hydrogens is 302 g/mol. The van der Waals surface area contributed by atoms with Crippen molar-refractivity contribution in [1.82, 2.24) is 9.80 Å². The number of carbonyl (C=O) groups excluding carboxylic acids is 2. The van der Waals surface area contributed by atoms with Gasteiger partial charge in [0.15, 0.2) is 0 Å². The van der Waals surface area contributed by atoms with Crippen LogP contribution in [0.4, 0.5) is 0 Å². The van der Waals surface area contributed by atoms with Crippen LogP contribution in [0.25, 0.3) is 0 Å². The van der Waals surface area contributed by atoms with E-state index >= 15 is 0 Å². The summed E-state index contributed by atoms with van der Waals surface area (Å²) < 4.78 is 0. The molecule has 2 amide bonds. The van der Waals surface area contributed by atoms with Gasteiger partial charge in [0.05, 0.1) is 6.54 Å². The van der Waals surface area contributed by atoms with E-state index in [0.29, 0.717) is 19.1 Å². The Balaban J connectivity index is 0.00000176. The SMILES string of the molecule is Cc1ccc(C(N)C(=O)N2CCN(C3CC3)C(=O)C2)cc1.Cl. The number of amides is 2. The van der Waals surface area contributed by atoms with E-state index in [9.17, 15) is 9.59 Å². The average molecular weight is 324 g/mol. The molecule has 22 heavy (non-hydrogen) atoms. The van der Waals surface area contributed by atoms with E-state index in [2.05, 4.69) is 0 Å². The third-order valence-corrected chi connectivity index (χ3v) is 4.26. The number of hydrogen-bond donors (Lipinski definition) is 1. The molecule has 1 aromatic rings. The Kier molecular flexibility index (Phi) is 5.08. The number of benzene rings is 1. The highest BCUT2D eigenvalue weighted by molar-refractivity contribution is 5.89. The number of rotatable bonds is 3. The van der Waals surface area contributed by atoms with Crippen LogP contribution < -0.4 is 5.73 Å². The van der Waals surface area contributed by atoms with E-state index in [4.69, 9.17) is 5.73 Å². The van der Waals surface area contributed by atoms with Crippen LogP contribution in [0.2, 0.25) is 0 Å². The van der Waals surface area contributed by atoms with E-state index in [1.807, 2.05) is 36.1 Å². The minimum absolute atomic E-state index is 0. The molecule has 5 nitrogen and oxygen atoms in total. The second-order valence-electron chi connectivity index (χ2n) is 5.97. The summed E-state index contributed by atoms with van der Waals surface area (Å²) in [5.41, 5.74) is 7.98. The molecule has 0 aromatic heterocycles. The van der Waals surface area contributed by atoms with Gasteiger partial charge in [-0.3, -0.25) is 9.59 Å². The summed E-state index contributed by atoms with van der Waals surface area (Å²) in [4.78, 5) is 28.0. The molecule has 1 atom stereocenters.